The van der Waals surface area contributed by atoms with Gasteiger partial charge in [0.05, 0.1) is 0 Å². The Kier molecular flexibility index (Phi) is 8.55. The lowest BCUT2D eigenvalue weighted by Crippen LogP contribution is -2.31. The topological polar surface area (TPSA) is 0 Å². The molecule has 10 heteroatoms. The van der Waals surface area contributed by atoms with Gasteiger partial charge in [-0.05, 0) is 6.92 Å². The van der Waals surface area contributed by atoms with E-state index >= 15 is 0 Å². The summed E-state index contributed by atoms with van der Waals surface area (Å²) in [6.45, 7) is 2.28. The summed E-state index contributed by atoms with van der Waals surface area (Å²) in [5.41, 5.74) is 0. The fraction of sp³-hybridized carbons (Fsp3) is 0.667. The summed E-state index contributed by atoms with van der Waals surface area (Å²) in [6, 6.07) is 0. The minimum absolute atomic E-state index is 0. The van der Waals surface area contributed by atoms with E-state index in [1.165, 1.54) is 0 Å². The first-order valence-electron chi connectivity index (χ1n) is 3.05. The average molecular weight is 301 g/mol. The number of allylic oxidation sites excluding steroid dienone is 1. The zero-order chi connectivity index (χ0) is 13.1. The largest absolute Gasteiger partial charge is 0.442 e. The number of hydrogen-bond acceptors (Lipinski definition) is 0. The Balaban J connectivity index is -0.000000200. The lowest BCUT2D eigenvalue weighted by atomic mass is 10.4. The van der Waals surface area contributed by atoms with E-state index in [-0.39, 0.29) is 19.3 Å². The molecule has 0 saturated heterocycles. The van der Waals surface area contributed by atoms with Crippen LogP contribution in [-0.2, 0) is 0 Å². The van der Waals surface area contributed by atoms with Crippen LogP contribution in [0.2, 0.25) is 0 Å². The van der Waals surface area contributed by atoms with E-state index < -0.39 is 23.3 Å². The van der Waals surface area contributed by atoms with Crippen molar-refractivity contribution >= 4 is 24.0 Å². The average Bonchev–Trinajstić information content (AvgIpc) is 1.80. The molecule has 0 spiro atoms. The quantitative estimate of drug-likeness (QED) is 0.440. The van der Waals surface area contributed by atoms with E-state index in [4.69, 9.17) is 0 Å². The summed E-state index contributed by atoms with van der Waals surface area (Å²) in [5.74, 6) is -2.26. The zero-order valence-electron chi connectivity index (χ0n) is 7.52. The molecule has 0 radical (unpaired) electrons. The van der Waals surface area contributed by atoms with Gasteiger partial charge in [0.1, 0.15) is 0 Å². The molecule has 0 saturated carbocycles. The highest BCUT2D eigenvalue weighted by Gasteiger charge is 2.50. The van der Waals surface area contributed by atoms with E-state index in [2.05, 4.69) is 11.6 Å². The number of rotatable bonds is 0. The molecule has 16 heavy (non-hydrogen) atoms. The third kappa shape index (κ3) is 10.3. The normalized spacial score (nSPS) is 15.1. The molecule has 0 aromatic rings. The summed E-state index contributed by atoms with van der Waals surface area (Å²) < 4.78 is 87.7. The van der Waals surface area contributed by atoms with Crippen molar-refractivity contribution in [2.75, 3.05) is 0 Å². The van der Waals surface area contributed by atoms with Crippen molar-refractivity contribution in [1.82, 2.24) is 0 Å². The smallest absolute Gasteiger partial charge is 0.216 e. The maximum absolute atomic E-state index is 11.5. The third-order valence-electron chi connectivity index (χ3n) is 0.805. The van der Waals surface area contributed by atoms with E-state index in [0.717, 1.165) is 0 Å². The van der Waals surface area contributed by atoms with Gasteiger partial charge < -0.3 is 0 Å². The van der Waals surface area contributed by atoms with Gasteiger partial charge in [-0.15, -0.1) is 12.4 Å². The molecule has 0 heterocycles. The SMILES string of the molecule is C=C(F)C(F)(F)F.CC(F)(Cl)C(F)(F)F.Cl. The van der Waals surface area contributed by atoms with Gasteiger partial charge in [0.15, 0.2) is 5.83 Å². The number of alkyl halides is 8. The van der Waals surface area contributed by atoms with Crippen molar-refractivity contribution in [3.05, 3.63) is 12.4 Å². The van der Waals surface area contributed by atoms with Crippen molar-refractivity contribution in [3.8, 4) is 0 Å². The second-order valence-corrected chi connectivity index (χ2v) is 3.00. The maximum Gasteiger partial charge on any atom is 0.442 e. The van der Waals surface area contributed by atoms with Crippen LogP contribution in [0.25, 0.3) is 0 Å². The highest BCUT2D eigenvalue weighted by molar-refractivity contribution is 6.23. The van der Waals surface area contributed by atoms with Crippen molar-refractivity contribution in [1.29, 1.82) is 0 Å². The molecule has 0 nitrogen and oxygen atoms in total. The lowest BCUT2D eigenvalue weighted by Gasteiger charge is -2.14. The molecule has 0 amide bonds. The van der Waals surface area contributed by atoms with Crippen molar-refractivity contribution in [3.63, 3.8) is 0 Å². The molecule has 0 aromatic carbocycles. The van der Waals surface area contributed by atoms with Gasteiger partial charge in [-0.2, -0.15) is 26.3 Å². The van der Waals surface area contributed by atoms with Crippen LogP contribution in [-0.4, -0.2) is 17.5 Å². The van der Waals surface area contributed by atoms with Crippen LogP contribution in [0.3, 0.4) is 0 Å². The molecule has 0 fully saturated rings. The number of halogens is 10. The molecule has 1 atom stereocenters. The van der Waals surface area contributed by atoms with E-state index in [9.17, 15) is 35.1 Å². The van der Waals surface area contributed by atoms with Crippen molar-refractivity contribution in [2.45, 2.75) is 24.4 Å². The van der Waals surface area contributed by atoms with Crippen molar-refractivity contribution in [2.24, 2.45) is 0 Å². The molecular formula is C6H6Cl2F8. The molecule has 0 aliphatic rings. The summed E-state index contributed by atoms with van der Waals surface area (Å²) >= 11 is 4.22. The Labute approximate surface area is 96.7 Å². The fourth-order valence-electron chi connectivity index (χ4n) is 0. The predicted molar refractivity (Wildman–Crippen MR) is 45.0 cm³/mol. The standard InChI is InChI=1S/C3H3ClF4.C3H2F4.ClH/c1-2(4,5)3(6,7)8;1-2(4)3(5,6)7;/h1H3;1H2;1H. The van der Waals surface area contributed by atoms with E-state index in [1.54, 1.807) is 0 Å². The minimum atomic E-state index is -4.96. The summed E-state index contributed by atoms with van der Waals surface area (Å²) in [4.78, 5) is 0. The van der Waals surface area contributed by atoms with Gasteiger partial charge in [0.25, 0.3) is 5.13 Å². The van der Waals surface area contributed by atoms with Gasteiger partial charge >= 0.3 is 12.4 Å². The zero-order valence-corrected chi connectivity index (χ0v) is 9.09. The Hall–Kier alpha value is -0.240. The highest BCUT2D eigenvalue weighted by atomic mass is 35.5. The van der Waals surface area contributed by atoms with Crippen molar-refractivity contribution < 1.29 is 35.1 Å². The molecule has 100 valence electrons. The summed E-state index contributed by atoms with van der Waals surface area (Å²) in [7, 11) is 0. The molecule has 0 bridgehead atoms. The highest BCUT2D eigenvalue weighted by Crippen LogP contribution is 2.36. The second-order valence-electron chi connectivity index (χ2n) is 2.29. The lowest BCUT2D eigenvalue weighted by molar-refractivity contribution is -0.192. The van der Waals surface area contributed by atoms with Gasteiger partial charge in [0.2, 0.25) is 0 Å². The Morgan fingerprint density at radius 2 is 1.12 bits per heavy atom. The summed E-state index contributed by atoms with van der Waals surface area (Å²) in [5, 5.41) is -3.59. The molecule has 0 N–H and O–H groups in total. The fourth-order valence-corrected chi connectivity index (χ4v) is 0. The van der Waals surface area contributed by atoms with Gasteiger partial charge in [-0.1, -0.05) is 18.2 Å². The van der Waals surface area contributed by atoms with Gasteiger partial charge in [0, 0.05) is 0 Å². The van der Waals surface area contributed by atoms with Crippen LogP contribution >= 0.6 is 24.0 Å². The molecule has 0 aliphatic carbocycles. The molecular weight excluding hydrogens is 295 g/mol. The Morgan fingerprint density at radius 3 is 1.12 bits per heavy atom. The minimum Gasteiger partial charge on any atom is -0.216 e. The van der Waals surface area contributed by atoms with Gasteiger partial charge in [-0.3, -0.25) is 0 Å². The van der Waals surface area contributed by atoms with E-state index in [1.807, 2.05) is 6.58 Å². The van der Waals surface area contributed by atoms with Crippen LogP contribution in [0.4, 0.5) is 35.1 Å². The Bertz CT molecular complexity index is 198. The third-order valence-corrected chi connectivity index (χ3v) is 1.02. The molecule has 1 unspecified atom stereocenters. The van der Waals surface area contributed by atoms with E-state index in [0.29, 0.717) is 0 Å². The predicted octanol–water partition coefficient (Wildman–Crippen LogP) is 4.93. The molecule has 0 aliphatic heterocycles. The monoisotopic (exact) mass is 300 g/mol. The van der Waals surface area contributed by atoms with Crippen LogP contribution in [0.15, 0.2) is 12.4 Å². The van der Waals surface area contributed by atoms with Crippen LogP contribution < -0.4 is 0 Å². The first-order chi connectivity index (χ1) is 6.19. The van der Waals surface area contributed by atoms with Crippen LogP contribution in [0, 0.1) is 0 Å². The van der Waals surface area contributed by atoms with Crippen LogP contribution in [0.1, 0.15) is 6.92 Å². The molecule has 0 rings (SSSR count). The Morgan fingerprint density at radius 1 is 1.00 bits per heavy atom. The van der Waals surface area contributed by atoms with Gasteiger partial charge in [-0.25, -0.2) is 8.78 Å². The molecule has 0 aromatic heterocycles. The second kappa shape index (κ2) is 6.48. The summed E-state index contributed by atoms with van der Waals surface area (Å²) in [6.07, 6.45) is -9.82. The van der Waals surface area contributed by atoms with Crippen LogP contribution in [0.5, 0.6) is 0 Å². The first-order valence-corrected chi connectivity index (χ1v) is 3.43. The first kappa shape index (κ1) is 21.1. The maximum atomic E-state index is 11.5. The number of hydrogen-bond donors (Lipinski definition) is 0.